The molecule has 0 bridgehead atoms. The van der Waals surface area contributed by atoms with Crippen molar-refractivity contribution in [2.75, 3.05) is 6.61 Å². The first-order valence-electron chi connectivity index (χ1n) is 10.0. The molecule has 2 aromatic carbocycles. The van der Waals surface area contributed by atoms with Gasteiger partial charge < -0.3 is 10.1 Å². The lowest BCUT2D eigenvalue weighted by atomic mass is 10.1. The van der Waals surface area contributed by atoms with Crippen molar-refractivity contribution >= 4 is 23.7 Å². The van der Waals surface area contributed by atoms with Gasteiger partial charge in [-0.1, -0.05) is 43.2 Å². The van der Waals surface area contributed by atoms with Crippen LogP contribution in [0.1, 0.15) is 62.3 Å². The lowest BCUT2D eigenvalue weighted by Crippen LogP contribution is -2.35. The molecule has 7 heteroatoms. The van der Waals surface area contributed by atoms with E-state index < -0.39 is 17.8 Å². The summed E-state index contributed by atoms with van der Waals surface area (Å²) in [6, 6.07) is 13.6. The minimum atomic E-state index is -0.707. The molecule has 30 heavy (non-hydrogen) atoms. The lowest BCUT2D eigenvalue weighted by molar-refractivity contribution is -0.124. The van der Waals surface area contributed by atoms with Gasteiger partial charge in [0.1, 0.15) is 0 Å². The van der Waals surface area contributed by atoms with Crippen LogP contribution in [0.25, 0.3) is 0 Å². The predicted octanol–water partition coefficient (Wildman–Crippen LogP) is 2.70. The summed E-state index contributed by atoms with van der Waals surface area (Å²) in [5.41, 5.74) is 1.39. The molecule has 2 aliphatic rings. The highest BCUT2D eigenvalue weighted by Gasteiger charge is 2.36. The molecule has 0 aromatic heterocycles. The fourth-order valence-electron chi connectivity index (χ4n) is 3.88. The molecule has 1 N–H and O–H groups in total. The number of carbonyl (C=O) groups is 4. The summed E-state index contributed by atoms with van der Waals surface area (Å²) >= 11 is 0. The van der Waals surface area contributed by atoms with Crippen LogP contribution in [0.5, 0.6) is 0 Å². The van der Waals surface area contributed by atoms with Crippen LogP contribution >= 0.6 is 0 Å². The predicted molar refractivity (Wildman–Crippen MR) is 108 cm³/mol. The number of ether oxygens (including phenoxy) is 1. The summed E-state index contributed by atoms with van der Waals surface area (Å²) in [5, 5.41) is 2.85. The van der Waals surface area contributed by atoms with Crippen molar-refractivity contribution in [1.29, 1.82) is 0 Å². The first kappa shape index (κ1) is 19.8. The topological polar surface area (TPSA) is 92.8 Å². The number of fused-ring (bicyclic) bond motifs is 1. The molecule has 0 atom stereocenters. The van der Waals surface area contributed by atoms with Gasteiger partial charge in [0.15, 0.2) is 6.61 Å². The largest absolute Gasteiger partial charge is 0.452 e. The third-order valence-electron chi connectivity index (χ3n) is 5.44. The highest BCUT2D eigenvalue weighted by atomic mass is 16.5. The van der Waals surface area contributed by atoms with Gasteiger partial charge in [-0.15, -0.1) is 0 Å². The first-order chi connectivity index (χ1) is 14.5. The molecule has 1 aliphatic heterocycles. The minimum absolute atomic E-state index is 0.130. The van der Waals surface area contributed by atoms with Crippen LogP contribution in [-0.4, -0.2) is 41.2 Å². The molecule has 0 saturated heterocycles. The van der Waals surface area contributed by atoms with Gasteiger partial charge in [0.05, 0.1) is 23.2 Å². The molecular weight excluding hydrogens is 384 g/mol. The fraction of sp³-hybridized carbons (Fsp3) is 0.304. The summed E-state index contributed by atoms with van der Waals surface area (Å²) in [7, 11) is 0. The van der Waals surface area contributed by atoms with E-state index >= 15 is 0 Å². The molecule has 0 unspecified atom stereocenters. The molecule has 0 spiro atoms. The zero-order chi connectivity index (χ0) is 21.1. The Morgan fingerprint density at radius 1 is 0.967 bits per heavy atom. The number of imide groups is 1. The number of rotatable bonds is 6. The summed E-state index contributed by atoms with van der Waals surface area (Å²) in [6.07, 6.45) is 4.07. The standard InChI is InChI=1S/C23H22N2O5/c26-20(24-17-8-4-5-9-17)14-30-23(29)16-10-11-18-19(12-16)22(28)25(21(18)27)13-15-6-2-1-3-7-15/h1-3,6-7,10-12,17H,4-5,8-9,13-14H2,(H,24,26). The van der Waals surface area contributed by atoms with E-state index in [1.165, 1.54) is 18.2 Å². The van der Waals surface area contributed by atoms with E-state index in [-0.39, 0.29) is 41.8 Å². The molecule has 3 amide bonds. The molecule has 1 fully saturated rings. The second kappa shape index (κ2) is 8.49. The zero-order valence-corrected chi connectivity index (χ0v) is 16.4. The Labute approximate surface area is 174 Å². The maximum atomic E-state index is 12.7. The number of hydrogen-bond donors (Lipinski definition) is 1. The van der Waals surface area contributed by atoms with Crippen molar-refractivity contribution in [3.8, 4) is 0 Å². The van der Waals surface area contributed by atoms with Gasteiger partial charge in [0.25, 0.3) is 17.7 Å². The Morgan fingerprint density at radius 2 is 1.67 bits per heavy atom. The lowest BCUT2D eigenvalue weighted by Gasteiger charge is -2.13. The van der Waals surface area contributed by atoms with Crippen molar-refractivity contribution in [3.63, 3.8) is 0 Å². The number of amides is 3. The maximum absolute atomic E-state index is 12.7. The first-order valence-corrected chi connectivity index (χ1v) is 10.0. The van der Waals surface area contributed by atoms with E-state index in [0.717, 1.165) is 36.1 Å². The van der Waals surface area contributed by atoms with Gasteiger partial charge in [0, 0.05) is 6.04 Å². The van der Waals surface area contributed by atoms with Gasteiger partial charge in [0.2, 0.25) is 0 Å². The number of hydrogen-bond acceptors (Lipinski definition) is 5. The number of nitrogens with zero attached hydrogens (tertiary/aromatic N) is 1. The number of carbonyl (C=O) groups excluding carboxylic acids is 4. The smallest absolute Gasteiger partial charge is 0.338 e. The average molecular weight is 406 g/mol. The quantitative estimate of drug-likeness (QED) is 0.588. The molecule has 4 rings (SSSR count). The Morgan fingerprint density at radius 3 is 2.40 bits per heavy atom. The van der Waals surface area contributed by atoms with Crippen molar-refractivity contribution in [1.82, 2.24) is 10.2 Å². The molecule has 1 heterocycles. The average Bonchev–Trinajstić information content (AvgIpc) is 3.35. The molecule has 0 radical (unpaired) electrons. The highest BCUT2D eigenvalue weighted by Crippen LogP contribution is 2.26. The van der Waals surface area contributed by atoms with Crippen molar-refractivity contribution < 1.29 is 23.9 Å². The van der Waals surface area contributed by atoms with Gasteiger partial charge in [-0.3, -0.25) is 19.3 Å². The summed E-state index contributed by atoms with van der Waals surface area (Å²) < 4.78 is 5.08. The molecule has 1 aliphatic carbocycles. The van der Waals surface area contributed by atoms with Crippen LogP contribution in [0.2, 0.25) is 0 Å². The van der Waals surface area contributed by atoms with Gasteiger partial charge >= 0.3 is 5.97 Å². The Bertz CT molecular complexity index is 996. The van der Waals surface area contributed by atoms with Crippen LogP contribution in [-0.2, 0) is 16.1 Å². The Kier molecular flexibility index (Phi) is 5.61. The van der Waals surface area contributed by atoms with Crippen molar-refractivity contribution in [2.45, 2.75) is 38.3 Å². The van der Waals surface area contributed by atoms with E-state index in [2.05, 4.69) is 5.32 Å². The van der Waals surface area contributed by atoms with Crippen molar-refractivity contribution in [3.05, 3.63) is 70.8 Å². The molecule has 154 valence electrons. The Hall–Kier alpha value is -3.48. The van der Waals surface area contributed by atoms with Crippen LogP contribution < -0.4 is 5.32 Å². The van der Waals surface area contributed by atoms with Crippen LogP contribution in [0.4, 0.5) is 0 Å². The summed E-state index contributed by atoms with van der Waals surface area (Å²) in [6.45, 7) is -0.215. The van der Waals surface area contributed by atoms with Gasteiger partial charge in [-0.2, -0.15) is 0 Å². The SMILES string of the molecule is O=C(COC(=O)c1ccc2c(c1)C(=O)N(Cc1ccccc1)C2=O)NC1CCCC1. The van der Waals surface area contributed by atoms with Gasteiger partial charge in [-0.25, -0.2) is 4.79 Å². The van der Waals surface area contributed by atoms with Gasteiger partial charge in [-0.05, 0) is 36.6 Å². The normalized spacial score (nSPS) is 15.9. The van der Waals surface area contributed by atoms with E-state index in [9.17, 15) is 19.2 Å². The van der Waals surface area contributed by atoms with E-state index in [1.54, 1.807) is 0 Å². The third-order valence-corrected chi connectivity index (χ3v) is 5.44. The zero-order valence-electron chi connectivity index (χ0n) is 16.4. The molecular formula is C23H22N2O5. The molecule has 1 saturated carbocycles. The maximum Gasteiger partial charge on any atom is 0.338 e. The van der Waals surface area contributed by atoms with E-state index in [4.69, 9.17) is 4.74 Å². The van der Waals surface area contributed by atoms with E-state index in [1.807, 2.05) is 30.3 Å². The number of nitrogens with one attached hydrogen (secondary N) is 1. The molecule has 7 nitrogen and oxygen atoms in total. The number of esters is 1. The van der Waals surface area contributed by atoms with Crippen molar-refractivity contribution in [2.24, 2.45) is 0 Å². The second-order valence-corrected chi connectivity index (χ2v) is 7.57. The fourth-order valence-corrected chi connectivity index (χ4v) is 3.88. The van der Waals surface area contributed by atoms with Crippen LogP contribution in [0.3, 0.4) is 0 Å². The summed E-state index contributed by atoms with van der Waals surface area (Å²) in [5.74, 6) is -1.89. The third kappa shape index (κ3) is 4.10. The summed E-state index contributed by atoms with van der Waals surface area (Å²) in [4.78, 5) is 50.8. The monoisotopic (exact) mass is 406 g/mol. The highest BCUT2D eigenvalue weighted by molar-refractivity contribution is 6.21. The van der Waals surface area contributed by atoms with E-state index in [0.29, 0.717) is 0 Å². The number of benzene rings is 2. The van der Waals surface area contributed by atoms with Crippen LogP contribution in [0, 0.1) is 0 Å². The molecule has 2 aromatic rings. The van der Waals surface area contributed by atoms with Crippen LogP contribution in [0.15, 0.2) is 48.5 Å². The second-order valence-electron chi connectivity index (χ2n) is 7.57. The minimum Gasteiger partial charge on any atom is -0.452 e. The Balaban J connectivity index is 1.40.